The van der Waals surface area contributed by atoms with Gasteiger partial charge in [-0.25, -0.2) is 0 Å². The highest BCUT2D eigenvalue weighted by molar-refractivity contribution is 6.31. The van der Waals surface area contributed by atoms with Crippen LogP contribution in [0.4, 0.5) is 0 Å². The zero-order valence-corrected chi connectivity index (χ0v) is 15.8. The van der Waals surface area contributed by atoms with Crippen LogP contribution >= 0.6 is 11.6 Å². The monoisotopic (exact) mass is 361 g/mol. The summed E-state index contributed by atoms with van der Waals surface area (Å²) in [6.07, 6.45) is 0. The van der Waals surface area contributed by atoms with Crippen molar-refractivity contribution in [2.75, 3.05) is 7.11 Å². The summed E-state index contributed by atoms with van der Waals surface area (Å²) in [7, 11) is 1.69. The first kappa shape index (κ1) is 16.7. The lowest BCUT2D eigenvalue weighted by molar-refractivity contribution is 0.414. The number of hydrogen-bond acceptors (Lipinski definition) is 1. The van der Waals surface area contributed by atoms with E-state index in [2.05, 4.69) is 55.2 Å². The van der Waals surface area contributed by atoms with Gasteiger partial charge in [0.15, 0.2) is 0 Å². The van der Waals surface area contributed by atoms with Crippen molar-refractivity contribution in [3.8, 4) is 28.1 Å². The molecule has 4 rings (SSSR count). The summed E-state index contributed by atoms with van der Waals surface area (Å²) in [5.41, 5.74) is 8.11. The second kappa shape index (κ2) is 6.54. The molecule has 0 fully saturated rings. The second-order valence-corrected chi connectivity index (χ2v) is 7.05. The maximum atomic E-state index is 6.31. The Morgan fingerprint density at radius 2 is 1.65 bits per heavy atom. The molecule has 0 aliphatic rings. The van der Waals surface area contributed by atoms with E-state index in [9.17, 15) is 0 Å². The molecule has 0 spiro atoms. The van der Waals surface area contributed by atoms with Gasteiger partial charge in [-0.15, -0.1) is 0 Å². The van der Waals surface area contributed by atoms with Gasteiger partial charge in [-0.2, -0.15) is 0 Å². The SMILES string of the molecule is COc1ccc(-c2c(-c3ccc(C)cc3)[nH]c3ccc(Cl)cc23)c(C)c1. The van der Waals surface area contributed by atoms with E-state index < -0.39 is 0 Å². The molecule has 0 unspecified atom stereocenters. The molecule has 130 valence electrons. The highest BCUT2D eigenvalue weighted by atomic mass is 35.5. The van der Waals surface area contributed by atoms with Crippen LogP contribution in [0.25, 0.3) is 33.3 Å². The number of aromatic amines is 1. The van der Waals surface area contributed by atoms with Crippen molar-refractivity contribution < 1.29 is 4.74 Å². The summed E-state index contributed by atoms with van der Waals surface area (Å²) in [5, 5.41) is 1.86. The normalized spacial score (nSPS) is 11.1. The van der Waals surface area contributed by atoms with Crippen molar-refractivity contribution in [3.63, 3.8) is 0 Å². The van der Waals surface area contributed by atoms with Crippen LogP contribution < -0.4 is 4.74 Å². The van der Waals surface area contributed by atoms with Crippen molar-refractivity contribution in [3.05, 3.63) is 76.8 Å². The van der Waals surface area contributed by atoms with E-state index in [-0.39, 0.29) is 0 Å². The third kappa shape index (κ3) is 2.87. The Morgan fingerprint density at radius 3 is 2.35 bits per heavy atom. The molecule has 1 N–H and O–H groups in total. The van der Waals surface area contributed by atoms with Crippen LogP contribution in [0.1, 0.15) is 11.1 Å². The lowest BCUT2D eigenvalue weighted by atomic mass is 9.94. The first-order chi connectivity index (χ1) is 12.6. The topological polar surface area (TPSA) is 25.0 Å². The Kier molecular flexibility index (Phi) is 4.21. The van der Waals surface area contributed by atoms with E-state index >= 15 is 0 Å². The zero-order valence-electron chi connectivity index (χ0n) is 15.1. The number of rotatable bonds is 3. The average molecular weight is 362 g/mol. The van der Waals surface area contributed by atoms with Crippen LogP contribution in [0.3, 0.4) is 0 Å². The van der Waals surface area contributed by atoms with Gasteiger partial charge in [-0.3, -0.25) is 0 Å². The number of fused-ring (bicyclic) bond motifs is 1. The summed E-state index contributed by atoms with van der Waals surface area (Å²) in [6.45, 7) is 4.21. The molecule has 26 heavy (non-hydrogen) atoms. The molecule has 1 aromatic heterocycles. The number of nitrogens with one attached hydrogen (secondary N) is 1. The van der Waals surface area contributed by atoms with E-state index in [1.165, 1.54) is 22.3 Å². The van der Waals surface area contributed by atoms with Gasteiger partial charge in [-0.1, -0.05) is 47.5 Å². The number of hydrogen-bond donors (Lipinski definition) is 1. The standard InChI is InChI=1S/C23H20ClNO/c1-14-4-6-16(7-5-14)23-22(19-10-9-18(26-3)12-15(19)2)20-13-17(24)8-11-21(20)25-23/h4-13,25H,1-3H3. The fourth-order valence-electron chi connectivity index (χ4n) is 3.42. The fraction of sp³-hybridized carbons (Fsp3) is 0.130. The van der Waals surface area contributed by atoms with Crippen LogP contribution in [0.5, 0.6) is 5.75 Å². The Hall–Kier alpha value is -2.71. The maximum Gasteiger partial charge on any atom is 0.119 e. The van der Waals surface area contributed by atoms with Crippen molar-refractivity contribution in [1.29, 1.82) is 0 Å². The van der Waals surface area contributed by atoms with Gasteiger partial charge < -0.3 is 9.72 Å². The number of H-pyrrole nitrogens is 1. The molecule has 2 nitrogen and oxygen atoms in total. The molecule has 0 bridgehead atoms. The molecule has 0 aliphatic carbocycles. The maximum absolute atomic E-state index is 6.31. The van der Waals surface area contributed by atoms with Crippen LogP contribution in [0.15, 0.2) is 60.7 Å². The minimum atomic E-state index is 0.736. The van der Waals surface area contributed by atoms with Crippen molar-refractivity contribution in [2.45, 2.75) is 13.8 Å². The number of benzene rings is 3. The summed E-state index contributed by atoms with van der Waals surface area (Å²) in [4.78, 5) is 3.59. The van der Waals surface area contributed by atoms with Gasteiger partial charge in [0.2, 0.25) is 0 Å². The van der Waals surface area contributed by atoms with E-state index in [4.69, 9.17) is 16.3 Å². The average Bonchev–Trinajstić information content (AvgIpc) is 3.00. The minimum absolute atomic E-state index is 0.736. The summed E-state index contributed by atoms with van der Waals surface area (Å²) in [6, 6.07) is 20.8. The highest BCUT2D eigenvalue weighted by Crippen LogP contribution is 2.41. The Labute approximate surface area is 158 Å². The predicted molar refractivity (Wildman–Crippen MR) is 110 cm³/mol. The molecule has 0 radical (unpaired) electrons. The first-order valence-corrected chi connectivity index (χ1v) is 8.98. The molecule has 4 aromatic rings. The molecule has 0 aliphatic heterocycles. The molecule has 3 heteroatoms. The van der Waals surface area contributed by atoms with Gasteiger partial charge in [0.25, 0.3) is 0 Å². The third-order valence-corrected chi connectivity index (χ3v) is 5.04. The Bertz CT molecular complexity index is 1090. The Morgan fingerprint density at radius 1 is 0.885 bits per heavy atom. The largest absolute Gasteiger partial charge is 0.497 e. The van der Waals surface area contributed by atoms with Gasteiger partial charge in [0.1, 0.15) is 5.75 Å². The lowest BCUT2D eigenvalue weighted by Gasteiger charge is -2.11. The number of aromatic nitrogens is 1. The zero-order chi connectivity index (χ0) is 18.3. The van der Waals surface area contributed by atoms with Crippen LogP contribution in [-0.4, -0.2) is 12.1 Å². The molecule has 0 saturated carbocycles. The summed E-state index contributed by atoms with van der Waals surface area (Å²) in [5.74, 6) is 0.862. The van der Waals surface area contributed by atoms with Gasteiger partial charge >= 0.3 is 0 Å². The molecule has 0 amide bonds. The van der Waals surface area contributed by atoms with Crippen molar-refractivity contribution >= 4 is 22.5 Å². The van der Waals surface area contributed by atoms with E-state index in [1.807, 2.05) is 24.3 Å². The van der Waals surface area contributed by atoms with Gasteiger partial charge in [-0.05, 0) is 60.9 Å². The van der Waals surface area contributed by atoms with Gasteiger partial charge in [0.05, 0.1) is 12.8 Å². The molecule has 1 heterocycles. The second-order valence-electron chi connectivity index (χ2n) is 6.61. The summed E-state index contributed by atoms with van der Waals surface area (Å²) < 4.78 is 5.37. The summed E-state index contributed by atoms with van der Waals surface area (Å²) >= 11 is 6.31. The van der Waals surface area contributed by atoms with Crippen molar-refractivity contribution in [2.24, 2.45) is 0 Å². The number of methoxy groups -OCH3 is 1. The first-order valence-electron chi connectivity index (χ1n) is 8.60. The van der Waals surface area contributed by atoms with Crippen LogP contribution in [0.2, 0.25) is 5.02 Å². The van der Waals surface area contributed by atoms with E-state index in [1.54, 1.807) is 7.11 Å². The van der Waals surface area contributed by atoms with Crippen LogP contribution in [0, 0.1) is 13.8 Å². The molecule has 0 atom stereocenters. The minimum Gasteiger partial charge on any atom is -0.497 e. The number of aryl methyl sites for hydroxylation is 2. The fourth-order valence-corrected chi connectivity index (χ4v) is 3.60. The number of halogens is 1. The van der Waals surface area contributed by atoms with Crippen molar-refractivity contribution in [1.82, 2.24) is 4.98 Å². The quantitative estimate of drug-likeness (QED) is 0.427. The molecular weight excluding hydrogens is 342 g/mol. The van der Waals surface area contributed by atoms with Gasteiger partial charge in [0, 0.05) is 21.5 Å². The molecular formula is C23H20ClNO. The predicted octanol–water partition coefficient (Wildman–Crippen LogP) is 6.78. The van der Waals surface area contributed by atoms with E-state index in [0.717, 1.165) is 32.9 Å². The molecule has 0 saturated heterocycles. The smallest absolute Gasteiger partial charge is 0.119 e. The highest BCUT2D eigenvalue weighted by Gasteiger charge is 2.17. The molecule has 3 aromatic carbocycles. The van der Waals surface area contributed by atoms with E-state index in [0.29, 0.717) is 0 Å². The lowest BCUT2D eigenvalue weighted by Crippen LogP contribution is -1.89. The van der Waals surface area contributed by atoms with Crippen LogP contribution in [-0.2, 0) is 0 Å². The third-order valence-electron chi connectivity index (χ3n) is 4.80. The number of ether oxygens (including phenoxy) is 1. The Balaban J connectivity index is 2.04.